The Bertz CT molecular complexity index is 1350. The lowest BCUT2D eigenvalue weighted by Gasteiger charge is -2.21. The van der Waals surface area contributed by atoms with E-state index in [9.17, 15) is 9.59 Å². The number of fused-ring (bicyclic) bond motifs is 1. The number of halogens is 2. The fourth-order valence-electron chi connectivity index (χ4n) is 4.04. The van der Waals surface area contributed by atoms with E-state index in [4.69, 9.17) is 23.2 Å². The molecule has 0 saturated carbocycles. The third kappa shape index (κ3) is 4.04. The highest BCUT2D eigenvalue weighted by Gasteiger charge is 2.23. The Morgan fingerprint density at radius 3 is 2.31 bits per heavy atom. The number of nitrogens with zero attached hydrogens (tertiary/aromatic N) is 1. The average molecular weight is 465 g/mol. The zero-order valence-electron chi connectivity index (χ0n) is 17.7. The second kappa shape index (κ2) is 9.19. The molecule has 0 spiro atoms. The fraction of sp³-hybridized carbons (Fsp3) is 0.154. The van der Waals surface area contributed by atoms with Crippen molar-refractivity contribution in [3.05, 3.63) is 110 Å². The number of hydrogen-bond acceptors (Lipinski definition) is 2. The summed E-state index contributed by atoms with van der Waals surface area (Å²) in [4.78, 5) is 27.0. The third-order valence-electron chi connectivity index (χ3n) is 5.62. The maximum atomic E-state index is 13.6. The molecule has 1 aromatic heterocycles. The Kier molecular flexibility index (Phi) is 6.35. The van der Waals surface area contributed by atoms with Crippen LogP contribution in [-0.2, 0) is 0 Å². The maximum absolute atomic E-state index is 13.6. The highest BCUT2D eigenvalue weighted by molar-refractivity contribution is 6.36. The van der Waals surface area contributed by atoms with Gasteiger partial charge in [-0.2, -0.15) is 0 Å². The van der Waals surface area contributed by atoms with Crippen LogP contribution in [0.5, 0.6) is 0 Å². The van der Waals surface area contributed by atoms with Gasteiger partial charge in [-0.1, -0.05) is 72.6 Å². The maximum Gasteiger partial charge on any atom is 0.264 e. The van der Waals surface area contributed by atoms with Crippen molar-refractivity contribution in [3.63, 3.8) is 0 Å². The molecule has 0 radical (unpaired) electrons. The molecule has 0 saturated heterocycles. The Labute approximate surface area is 196 Å². The van der Waals surface area contributed by atoms with Crippen LogP contribution in [-0.4, -0.2) is 10.5 Å². The van der Waals surface area contributed by atoms with Crippen molar-refractivity contribution in [1.29, 1.82) is 0 Å². The summed E-state index contributed by atoms with van der Waals surface area (Å²) in [5.41, 5.74) is 2.37. The van der Waals surface area contributed by atoms with Crippen molar-refractivity contribution in [2.24, 2.45) is 0 Å². The monoisotopic (exact) mass is 464 g/mol. The number of rotatable bonds is 5. The lowest BCUT2D eigenvalue weighted by molar-refractivity contribution is 0.0936. The number of carbonyl (C=O) groups is 1. The van der Waals surface area contributed by atoms with Gasteiger partial charge in [0.15, 0.2) is 0 Å². The quantitative estimate of drug-likeness (QED) is 0.367. The predicted octanol–water partition coefficient (Wildman–Crippen LogP) is 6.49. The number of benzene rings is 3. The van der Waals surface area contributed by atoms with E-state index >= 15 is 0 Å². The molecule has 0 fully saturated rings. The molecule has 0 bridgehead atoms. The van der Waals surface area contributed by atoms with E-state index in [-0.39, 0.29) is 17.5 Å². The molecular weight excluding hydrogens is 443 g/mol. The molecule has 6 heteroatoms. The van der Waals surface area contributed by atoms with Crippen molar-refractivity contribution in [3.8, 4) is 5.69 Å². The van der Waals surface area contributed by atoms with Crippen LogP contribution in [0.2, 0.25) is 10.0 Å². The largest absolute Gasteiger partial charge is 0.345 e. The lowest BCUT2D eigenvalue weighted by Crippen LogP contribution is -2.32. The van der Waals surface area contributed by atoms with Crippen molar-refractivity contribution in [2.75, 3.05) is 0 Å². The molecule has 4 nitrogen and oxygen atoms in total. The molecule has 1 heterocycles. The highest BCUT2D eigenvalue weighted by Crippen LogP contribution is 2.28. The van der Waals surface area contributed by atoms with Crippen LogP contribution in [0, 0.1) is 6.92 Å². The van der Waals surface area contributed by atoms with Gasteiger partial charge in [-0.3, -0.25) is 14.2 Å². The lowest BCUT2D eigenvalue weighted by atomic mass is 10.0. The van der Waals surface area contributed by atoms with Gasteiger partial charge in [0.25, 0.3) is 11.5 Å². The van der Waals surface area contributed by atoms with Crippen molar-refractivity contribution < 1.29 is 4.79 Å². The van der Waals surface area contributed by atoms with E-state index in [0.29, 0.717) is 44.2 Å². The van der Waals surface area contributed by atoms with E-state index in [2.05, 4.69) is 5.32 Å². The molecule has 1 N–H and O–H groups in total. The summed E-state index contributed by atoms with van der Waals surface area (Å²) in [6.45, 7) is 3.79. The van der Waals surface area contributed by atoms with Crippen LogP contribution >= 0.6 is 23.2 Å². The zero-order valence-corrected chi connectivity index (χ0v) is 19.2. The topological polar surface area (TPSA) is 51.1 Å². The minimum absolute atomic E-state index is 0.203. The van der Waals surface area contributed by atoms with Crippen molar-refractivity contribution >= 4 is 39.9 Å². The summed E-state index contributed by atoms with van der Waals surface area (Å²) in [5.74, 6) is -0.263. The van der Waals surface area contributed by atoms with Crippen LogP contribution in [0.25, 0.3) is 16.5 Å². The minimum Gasteiger partial charge on any atom is -0.345 e. The minimum atomic E-state index is -0.263. The van der Waals surface area contributed by atoms with Crippen LogP contribution in [0.15, 0.2) is 77.6 Å². The summed E-state index contributed by atoms with van der Waals surface area (Å²) in [7, 11) is 0. The van der Waals surface area contributed by atoms with E-state index in [1.807, 2.05) is 61.5 Å². The molecule has 4 aromatic rings. The average Bonchev–Trinajstić information content (AvgIpc) is 2.79. The van der Waals surface area contributed by atoms with E-state index < -0.39 is 0 Å². The second-order valence-corrected chi connectivity index (χ2v) is 8.43. The molecule has 162 valence electrons. The smallest absolute Gasteiger partial charge is 0.264 e. The molecule has 4 rings (SSSR count). The summed E-state index contributed by atoms with van der Waals surface area (Å²) in [6, 6.07) is 21.7. The highest BCUT2D eigenvalue weighted by atomic mass is 35.5. The molecule has 0 aliphatic carbocycles. The molecule has 32 heavy (non-hydrogen) atoms. The van der Waals surface area contributed by atoms with Crippen LogP contribution in [0.3, 0.4) is 0 Å². The van der Waals surface area contributed by atoms with Crippen LogP contribution in [0.1, 0.15) is 41.0 Å². The Morgan fingerprint density at radius 2 is 1.66 bits per heavy atom. The van der Waals surface area contributed by atoms with Gasteiger partial charge in [0.1, 0.15) is 0 Å². The Morgan fingerprint density at radius 1 is 0.969 bits per heavy atom. The van der Waals surface area contributed by atoms with Crippen molar-refractivity contribution in [2.45, 2.75) is 26.3 Å². The number of para-hydroxylation sites is 1. The first kappa shape index (κ1) is 22.1. The number of aromatic nitrogens is 1. The number of amides is 1. The molecular formula is C26H22Cl2N2O2. The van der Waals surface area contributed by atoms with E-state index in [1.54, 1.807) is 29.7 Å². The second-order valence-electron chi connectivity index (χ2n) is 7.58. The van der Waals surface area contributed by atoms with Gasteiger partial charge in [-0.25, -0.2) is 0 Å². The number of pyridine rings is 1. The van der Waals surface area contributed by atoms with E-state index in [1.165, 1.54) is 0 Å². The Hall–Kier alpha value is -3.08. The van der Waals surface area contributed by atoms with Gasteiger partial charge >= 0.3 is 0 Å². The molecule has 3 aromatic carbocycles. The zero-order chi connectivity index (χ0) is 22.8. The van der Waals surface area contributed by atoms with Gasteiger partial charge in [0.2, 0.25) is 0 Å². The van der Waals surface area contributed by atoms with Gasteiger partial charge in [-0.05, 0) is 49.2 Å². The van der Waals surface area contributed by atoms with E-state index in [0.717, 1.165) is 5.56 Å². The SMILES string of the molecule is CC[C@H](NC(=O)c1c(C)n(-c2ccccc2)c(=O)c2c(Cl)cccc12)c1ccc(Cl)cc1. The number of nitrogens with one attached hydrogen (secondary N) is 1. The third-order valence-corrected chi connectivity index (χ3v) is 6.19. The fourth-order valence-corrected chi connectivity index (χ4v) is 4.42. The van der Waals surface area contributed by atoms with Gasteiger partial charge < -0.3 is 5.32 Å². The summed E-state index contributed by atoms with van der Waals surface area (Å²) >= 11 is 12.5. The molecule has 0 aliphatic heterocycles. The van der Waals surface area contributed by atoms with Crippen LogP contribution < -0.4 is 10.9 Å². The summed E-state index contributed by atoms with van der Waals surface area (Å²) < 4.78 is 1.55. The number of carbonyl (C=O) groups excluding carboxylic acids is 1. The first-order valence-electron chi connectivity index (χ1n) is 10.4. The summed E-state index contributed by atoms with van der Waals surface area (Å²) in [6.07, 6.45) is 0.698. The predicted molar refractivity (Wildman–Crippen MR) is 131 cm³/mol. The summed E-state index contributed by atoms with van der Waals surface area (Å²) in [5, 5.41) is 4.95. The first-order valence-corrected chi connectivity index (χ1v) is 11.1. The Balaban J connectivity index is 1.89. The normalized spacial score (nSPS) is 12.0. The van der Waals surface area contributed by atoms with Crippen LogP contribution in [0.4, 0.5) is 0 Å². The number of hydrogen-bond donors (Lipinski definition) is 1. The molecule has 0 aliphatic rings. The van der Waals surface area contributed by atoms with Gasteiger partial charge in [-0.15, -0.1) is 0 Å². The molecule has 1 amide bonds. The van der Waals surface area contributed by atoms with Crippen molar-refractivity contribution in [1.82, 2.24) is 9.88 Å². The standard InChI is InChI=1S/C26H22Cl2N2O2/c1-3-22(17-12-14-18(27)15-13-17)29-25(31)23-16(2)30(19-8-5-4-6-9-19)26(32)24-20(23)10-7-11-21(24)28/h4-15,22H,3H2,1-2H3,(H,29,31)/t22-/m0/s1. The van der Waals surface area contributed by atoms with Gasteiger partial charge in [0, 0.05) is 21.8 Å². The van der Waals surface area contributed by atoms with Gasteiger partial charge in [0.05, 0.1) is 22.0 Å². The first-order chi connectivity index (χ1) is 15.4. The molecule has 1 atom stereocenters. The molecule has 0 unspecified atom stereocenters.